The maximum Gasteiger partial charge on any atom is 0.416 e. The molecule has 170 valence electrons. The number of hydrogen-bond acceptors (Lipinski definition) is 8. The largest absolute Gasteiger partial charge is 0.416 e. The van der Waals surface area contributed by atoms with Gasteiger partial charge in [-0.05, 0) is 31.2 Å². The van der Waals surface area contributed by atoms with Gasteiger partial charge in [0, 0.05) is 18.0 Å². The molecule has 2 heterocycles. The van der Waals surface area contributed by atoms with E-state index in [0.29, 0.717) is 12.1 Å². The number of hydrogen-bond donors (Lipinski definition) is 2. The number of nitrogens with two attached hydrogens (primary N) is 1. The highest BCUT2D eigenvalue weighted by Crippen LogP contribution is 2.32. The summed E-state index contributed by atoms with van der Waals surface area (Å²) in [6.07, 6.45) is -1.95. The Balaban J connectivity index is 1.97. The number of anilines is 1. The lowest BCUT2D eigenvalue weighted by Crippen LogP contribution is -2.29. The summed E-state index contributed by atoms with van der Waals surface area (Å²) >= 11 is 0. The minimum atomic E-state index is -4.85. The van der Waals surface area contributed by atoms with E-state index in [2.05, 4.69) is 25.4 Å². The van der Waals surface area contributed by atoms with E-state index < -0.39 is 49.7 Å². The number of nitrogens with one attached hydrogen (secondary N) is 1. The SMILES string of the molecule is CCS(=O)(=O)c1cc(C(=O)N[C@@H](C)c2nc(N)nn2-c2ncccn2)cc(C(F)(F)F)c1. The highest BCUT2D eigenvalue weighted by molar-refractivity contribution is 7.91. The van der Waals surface area contributed by atoms with Gasteiger partial charge < -0.3 is 11.1 Å². The molecule has 0 aliphatic carbocycles. The van der Waals surface area contributed by atoms with E-state index in [1.165, 1.54) is 30.9 Å². The van der Waals surface area contributed by atoms with E-state index in [0.717, 1.165) is 6.07 Å². The fourth-order valence-electron chi connectivity index (χ4n) is 2.75. The predicted octanol–water partition coefficient (Wildman–Crippen LogP) is 1.94. The van der Waals surface area contributed by atoms with Crippen LogP contribution >= 0.6 is 0 Å². The normalized spacial score (nSPS) is 13.0. The smallest absolute Gasteiger partial charge is 0.366 e. The molecule has 1 atom stereocenters. The van der Waals surface area contributed by atoms with Crippen molar-refractivity contribution in [3.63, 3.8) is 0 Å². The van der Waals surface area contributed by atoms with Crippen LogP contribution in [0.25, 0.3) is 5.95 Å². The molecule has 3 N–H and O–H groups in total. The third kappa shape index (κ3) is 4.85. The maximum absolute atomic E-state index is 13.3. The van der Waals surface area contributed by atoms with Gasteiger partial charge in [-0.1, -0.05) is 6.92 Å². The van der Waals surface area contributed by atoms with Crippen molar-refractivity contribution in [2.75, 3.05) is 11.5 Å². The predicted molar refractivity (Wildman–Crippen MR) is 106 cm³/mol. The highest BCUT2D eigenvalue weighted by Gasteiger charge is 2.33. The first-order chi connectivity index (χ1) is 14.9. The number of benzene rings is 1. The van der Waals surface area contributed by atoms with E-state index in [-0.39, 0.29) is 17.7 Å². The molecule has 0 saturated heterocycles. The molecule has 10 nitrogen and oxygen atoms in total. The van der Waals surface area contributed by atoms with E-state index in [1.807, 2.05) is 0 Å². The van der Waals surface area contributed by atoms with Crippen LogP contribution in [0.2, 0.25) is 0 Å². The monoisotopic (exact) mass is 469 g/mol. The quantitative estimate of drug-likeness (QED) is 0.557. The minimum absolute atomic E-state index is 0.114. The molecule has 1 amide bonds. The van der Waals surface area contributed by atoms with Crippen molar-refractivity contribution in [1.82, 2.24) is 30.0 Å². The molecule has 0 unspecified atom stereocenters. The number of carbonyl (C=O) groups is 1. The molecule has 0 fully saturated rings. The number of aromatic nitrogens is 5. The summed E-state index contributed by atoms with van der Waals surface area (Å²) in [6, 6.07) is 2.66. The van der Waals surface area contributed by atoms with E-state index in [1.54, 1.807) is 6.07 Å². The van der Waals surface area contributed by atoms with Gasteiger partial charge in [-0.2, -0.15) is 22.8 Å². The minimum Gasteiger partial charge on any atom is -0.366 e. The topological polar surface area (TPSA) is 146 Å². The second-order valence-electron chi connectivity index (χ2n) is 6.63. The van der Waals surface area contributed by atoms with Gasteiger partial charge in [-0.15, -0.1) is 5.10 Å². The number of sulfone groups is 1. The van der Waals surface area contributed by atoms with Gasteiger partial charge in [0.2, 0.25) is 5.95 Å². The van der Waals surface area contributed by atoms with E-state index in [9.17, 15) is 26.4 Å². The summed E-state index contributed by atoms with van der Waals surface area (Å²) in [5.74, 6) is -1.27. The van der Waals surface area contributed by atoms with Gasteiger partial charge >= 0.3 is 6.18 Å². The Morgan fingerprint density at radius 1 is 1.22 bits per heavy atom. The number of nitrogen functional groups attached to an aromatic ring is 1. The molecule has 32 heavy (non-hydrogen) atoms. The van der Waals surface area contributed by atoms with Crippen LogP contribution in [0.3, 0.4) is 0 Å². The molecule has 0 saturated carbocycles. The number of halogens is 3. The lowest BCUT2D eigenvalue weighted by molar-refractivity contribution is -0.137. The first-order valence-corrected chi connectivity index (χ1v) is 10.8. The molecule has 1 aromatic carbocycles. The molecule has 0 radical (unpaired) electrons. The number of alkyl halides is 3. The summed E-state index contributed by atoms with van der Waals surface area (Å²) in [5, 5.41) is 6.44. The Kier molecular flexibility index (Phi) is 6.16. The van der Waals surface area contributed by atoms with Crippen LogP contribution in [0.5, 0.6) is 0 Å². The lowest BCUT2D eigenvalue weighted by Gasteiger charge is -2.16. The van der Waals surface area contributed by atoms with Crippen LogP contribution in [0.1, 0.15) is 41.6 Å². The number of rotatable bonds is 6. The Labute approximate surface area is 180 Å². The van der Waals surface area contributed by atoms with Crippen LogP contribution < -0.4 is 11.1 Å². The van der Waals surface area contributed by atoms with Crippen molar-refractivity contribution >= 4 is 21.7 Å². The third-order valence-electron chi connectivity index (χ3n) is 4.36. The fourth-order valence-corrected chi connectivity index (χ4v) is 3.70. The van der Waals surface area contributed by atoms with Crippen molar-refractivity contribution in [1.29, 1.82) is 0 Å². The van der Waals surface area contributed by atoms with Crippen LogP contribution in [-0.4, -0.2) is 44.8 Å². The summed E-state index contributed by atoms with van der Waals surface area (Å²) in [6.45, 7) is 2.79. The summed E-state index contributed by atoms with van der Waals surface area (Å²) in [4.78, 5) is 24.2. The van der Waals surface area contributed by atoms with Crippen molar-refractivity contribution in [3.8, 4) is 5.95 Å². The molecule has 14 heteroatoms. The Bertz CT molecular complexity index is 1240. The van der Waals surface area contributed by atoms with Crippen molar-refractivity contribution in [2.24, 2.45) is 0 Å². The molecule has 0 aliphatic rings. The Morgan fingerprint density at radius 3 is 2.47 bits per heavy atom. The van der Waals surface area contributed by atoms with Crippen LogP contribution in [0.4, 0.5) is 19.1 Å². The van der Waals surface area contributed by atoms with Crippen molar-refractivity contribution in [2.45, 2.75) is 31.0 Å². The van der Waals surface area contributed by atoms with Gasteiger partial charge in [0.05, 0.1) is 22.3 Å². The highest BCUT2D eigenvalue weighted by atomic mass is 32.2. The zero-order valence-electron chi connectivity index (χ0n) is 16.8. The average Bonchev–Trinajstić information content (AvgIpc) is 3.15. The molecule has 0 spiro atoms. The maximum atomic E-state index is 13.3. The first-order valence-electron chi connectivity index (χ1n) is 9.18. The van der Waals surface area contributed by atoms with Gasteiger partial charge in [0.1, 0.15) is 0 Å². The molecule has 3 aromatic rings. The fraction of sp³-hybridized carbons (Fsp3) is 0.278. The molecule has 3 rings (SSSR count). The second kappa shape index (κ2) is 8.53. The van der Waals surface area contributed by atoms with E-state index >= 15 is 0 Å². The summed E-state index contributed by atoms with van der Waals surface area (Å²) in [5.41, 5.74) is 3.91. The van der Waals surface area contributed by atoms with Gasteiger partial charge in [0.25, 0.3) is 11.9 Å². The molecular formula is C18H18F3N7O3S. The number of carbonyl (C=O) groups excluding carboxylic acids is 1. The van der Waals surface area contributed by atoms with Gasteiger partial charge in [0.15, 0.2) is 15.7 Å². The zero-order chi connectivity index (χ0) is 23.7. The van der Waals surface area contributed by atoms with Crippen molar-refractivity contribution < 1.29 is 26.4 Å². The van der Waals surface area contributed by atoms with Gasteiger partial charge in [-0.3, -0.25) is 4.79 Å². The summed E-state index contributed by atoms with van der Waals surface area (Å²) < 4.78 is 65.4. The van der Waals surface area contributed by atoms with Crippen LogP contribution in [0, 0.1) is 0 Å². The molecular weight excluding hydrogens is 451 g/mol. The molecule has 0 aliphatic heterocycles. The Hall–Kier alpha value is -3.55. The standard InChI is InChI=1S/C18H18F3N7O3S/c1-3-32(30,31)13-8-11(7-12(9-13)18(19,20)21)15(29)25-10(2)14-26-16(22)27-28(14)17-23-5-4-6-24-17/h4-10H,3H2,1-2H3,(H2,22,27)(H,25,29)/t10-/m0/s1. The number of nitrogens with zero attached hydrogens (tertiary/aromatic N) is 5. The van der Waals surface area contributed by atoms with E-state index in [4.69, 9.17) is 5.73 Å². The number of amides is 1. The average molecular weight is 469 g/mol. The van der Waals surface area contributed by atoms with Crippen LogP contribution in [-0.2, 0) is 16.0 Å². The van der Waals surface area contributed by atoms with Gasteiger partial charge in [-0.25, -0.2) is 18.4 Å². The third-order valence-corrected chi connectivity index (χ3v) is 6.07. The van der Waals surface area contributed by atoms with Crippen molar-refractivity contribution in [3.05, 3.63) is 53.6 Å². The summed E-state index contributed by atoms with van der Waals surface area (Å²) in [7, 11) is -4.00. The zero-order valence-corrected chi connectivity index (χ0v) is 17.6. The second-order valence-corrected chi connectivity index (χ2v) is 8.91. The van der Waals surface area contributed by atoms with Crippen LogP contribution in [0.15, 0.2) is 41.6 Å². The molecule has 2 aromatic heterocycles. The first kappa shape index (κ1) is 23.1. The Morgan fingerprint density at radius 2 is 1.88 bits per heavy atom. The lowest BCUT2D eigenvalue weighted by atomic mass is 10.1. The molecule has 0 bridgehead atoms.